The Labute approximate surface area is 127 Å². The maximum Gasteiger partial charge on any atom is 0.303 e. The second-order valence-corrected chi connectivity index (χ2v) is 6.08. The minimum absolute atomic E-state index is 0.0246. The molecule has 1 fully saturated rings. The van der Waals surface area contributed by atoms with Crippen LogP contribution in [0.25, 0.3) is 0 Å². The van der Waals surface area contributed by atoms with Crippen LogP contribution in [0.5, 0.6) is 5.75 Å². The second-order valence-electron chi connectivity index (χ2n) is 5.67. The predicted molar refractivity (Wildman–Crippen MR) is 79.5 cm³/mol. The molecule has 0 spiro atoms. The molecule has 5 nitrogen and oxygen atoms in total. The Hall–Kier alpha value is -1.75. The molecule has 0 saturated heterocycles. The zero-order valence-corrected chi connectivity index (χ0v) is 12.3. The van der Waals surface area contributed by atoms with Gasteiger partial charge < -0.3 is 15.5 Å². The molecule has 2 rings (SSSR count). The minimum atomic E-state index is -0.864. The molecule has 0 aliphatic heterocycles. The molecule has 1 aromatic rings. The third-order valence-corrected chi connectivity index (χ3v) is 4.26. The van der Waals surface area contributed by atoms with Gasteiger partial charge in [0.2, 0.25) is 5.91 Å². The van der Waals surface area contributed by atoms with E-state index in [9.17, 15) is 14.7 Å². The van der Waals surface area contributed by atoms with E-state index in [1.165, 1.54) is 12.1 Å². The van der Waals surface area contributed by atoms with Crippen LogP contribution in [0.2, 0.25) is 5.02 Å². The standard InChI is InChI=1S/C15H18ClNO4/c16-11-7-10(3-4-12(11)18)17-13(19)8-15(9-14(20)21)5-1-2-6-15/h3-4,7,18H,1-2,5-6,8-9H2,(H,17,19)(H,20,21). The van der Waals surface area contributed by atoms with Crippen LogP contribution in [0.1, 0.15) is 38.5 Å². The zero-order chi connectivity index (χ0) is 15.5. The normalized spacial score (nSPS) is 16.6. The monoisotopic (exact) mass is 311 g/mol. The van der Waals surface area contributed by atoms with Gasteiger partial charge in [0.25, 0.3) is 0 Å². The van der Waals surface area contributed by atoms with Crippen molar-refractivity contribution in [3.05, 3.63) is 23.2 Å². The van der Waals surface area contributed by atoms with Crippen molar-refractivity contribution < 1.29 is 19.8 Å². The topological polar surface area (TPSA) is 86.6 Å². The smallest absolute Gasteiger partial charge is 0.303 e. The third kappa shape index (κ3) is 4.11. The first kappa shape index (κ1) is 15.6. The van der Waals surface area contributed by atoms with Gasteiger partial charge in [-0.2, -0.15) is 0 Å². The summed E-state index contributed by atoms with van der Waals surface area (Å²) in [6.45, 7) is 0. The maximum atomic E-state index is 12.1. The van der Waals surface area contributed by atoms with Crippen molar-refractivity contribution in [1.82, 2.24) is 0 Å². The van der Waals surface area contributed by atoms with Crippen LogP contribution in [0.15, 0.2) is 18.2 Å². The van der Waals surface area contributed by atoms with E-state index < -0.39 is 11.4 Å². The van der Waals surface area contributed by atoms with Crippen molar-refractivity contribution in [1.29, 1.82) is 0 Å². The van der Waals surface area contributed by atoms with Crippen molar-refractivity contribution in [2.24, 2.45) is 5.41 Å². The number of hydrogen-bond acceptors (Lipinski definition) is 3. The highest BCUT2D eigenvalue weighted by Gasteiger charge is 2.37. The number of phenols is 1. The number of rotatable bonds is 5. The van der Waals surface area contributed by atoms with Gasteiger partial charge in [0.1, 0.15) is 5.75 Å². The molecular formula is C15H18ClNO4. The number of carbonyl (C=O) groups is 2. The van der Waals surface area contributed by atoms with E-state index in [1.807, 2.05) is 0 Å². The van der Waals surface area contributed by atoms with Crippen LogP contribution in [0, 0.1) is 5.41 Å². The van der Waals surface area contributed by atoms with Crippen LogP contribution >= 0.6 is 11.6 Å². The largest absolute Gasteiger partial charge is 0.506 e. The van der Waals surface area contributed by atoms with E-state index in [2.05, 4.69) is 5.32 Å². The van der Waals surface area contributed by atoms with E-state index >= 15 is 0 Å². The summed E-state index contributed by atoms with van der Waals surface area (Å²) in [5.74, 6) is -1.13. The fourth-order valence-electron chi connectivity index (χ4n) is 2.99. The van der Waals surface area contributed by atoms with E-state index in [0.717, 1.165) is 25.7 Å². The number of phenolic OH excluding ortho intramolecular Hbond substituents is 1. The average Bonchev–Trinajstić information content (AvgIpc) is 2.80. The SMILES string of the molecule is O=C(O)CC1(CC(=O)Nc2ccc(O)c(Cl)c2)CCCC1. The molecule has 0 bridgehead atoms. The Bertz CT molecular complexity index is 553. The number of carbonyl (C=O) groups excluding carboxylic acids is 1. The highest BCUT2D eigenvalue weighted by atomic mass is 35.5. The lowest BCUT2D eigenvalue weighted by Crippen LogP contribution is -2.27. The Morgan fingerprint density at radius 2 is 1.90 bits per heavy atom. The van der Waals surface area contributed by atoms with Crippen LogP contribution < -0.4 is 5.32 Å². The number of aromatic hydroxyl groups is 1. The molecule has 0 heterocycles. The highest BCUT2D eigenvalue weighted by Crippen LogP contribution is 2.44. The fourth-order valence-corrected chi connectivity index (χ4v) is 3.17. The van der Waals surface area contributed by atoms with E-state index in [4.69, 9.17) is 16.7 Å². The average molecular weight is 312 g/mol. The van der Waals surface area contributed by atoms with Gasteiger partial charge in [-0.15, -0.1) is 0 Å². The van der Waals surface area contributed by atoms with Crippen molar-refractivity contribution in [2.45, 2.75) is 38.5 Å². The predicted octanol–water partition coefficient (Wildman–Crippen LogP) is 3.41. The first-order chi connectivity index (χ1) is 9.90. The summed E-state index contributed by atoms with van der Waals surface area (Å²) in [6.07, 6.45) is 3.68. The number of carboxylic acid groups (broad SMARTS) is 1. The summed E-state index contributed by atoms with van der Waals surface area (Å²) in [7, 11) is 0. The Morgan fingerprint density at radius 3 is 2.48 bits per heavy atom. The lowest BCUT2D eigenvalue weighted by atomic mass is 9.79. The number of nitrogens with one attached hydrogen (secondary N) is 1. The molecule has 1 amide bonds. The van der Waals surface area contributed by atoms with Crippen molar-refractivity contribution in [2.75, 3.05) is 5.32 Å². The molecule has 0 atom stereocenters. The van der Waals surface area contributed by atoms with Crippen molar-refractivity contribution in [3.63, 3.8) is 0 Å². The van der Waals surface area contributed by atoms with Gasteiger partial charge in [-0.1, -0.05) is 24.4 Å². The number of carboxylic acids is 1. The van der Waals surface area contributed by atoms with Crippen molar-refractivity contribution >= 4 is 29.2 Å². The van der Waals surface area contributed by atoms with Crippen LogP contribution in [-0.4, -0.2) is 22.1 Å². The molecule has 1 aromatic carbocycles. The molecule has 1 aliphatic carbocycles. The molecule has 3 N–H and O–H groups in total. The summed E-state index contributed by atoms with van der Waals surface area (Å²) in [5.41, 5.74) is 0.0580. The van der Waals surface area contributed by atoms with Gasteiger partial charge in [0.05, 0.1) is 11.4 Å². The van der Waals surface area contributed by atoms with Crippen LogP contribution in [0.3, 0.4) is 0 Å². The Kier molecular flexibility index (Phi) is 4.73. The molecule has 0 radical (unpaired) electrons. The first-order valence-electron chi connectivity index (χ1n) is 6.90. The third-order valence-electron chi connectivity index (χ3n) is 3.96. The number of benzene rings is 1. The highest BCUT2D eigenvalue weighted by molar-refractivity contribution is 6.32. The molecule has 21 heavy (non-hydrogen) atoms. The van der Waals surface area contributed by atoms with Crippen LogP contribution in [0.4, 0.5) is 5.69 Å². The number of aliphatic carboxylic acids is 1. The maximum absolute atomic E-state index is 12.1. The van der Waals surface area contributed by atoms with Gasteiger partial charge >= 0.3 is 5.97 Å². The summed E-state index contributed by atoms with van der Waals surface area (Å²) < 4.78 is 0. The number of hydrogen-bond donors (Lipinski definition) is 3. The lowest BCUT2D eigenvalue weighted by molar-refractivity contribution is -0.140. The van der Waals surface area contributed by atoms with Gasteiger partial charge in [-0.05, 0) is 36.5 Å². The zero-order valence-electron chi connectivity index (χ0n) is 11.6. The molecule has 0 aromatic heterocycles. The first-order valence-corrected chi connectivity index (χ1v) is 7.28. The van der Waals surface area contributed by atoms with E-state index in [0.29, 0.717) is 5.69 Å². The van der Waals surface area contributed by atoms with Gasteiger partial charge in [0, 0.05) is 12.1 Å². The second kappa shape index (κ2) is 6.35. The van der Waals surface area contributed by atoms with Crippen LogP contribution in [-0.2, 0) is 9.59 Å². The molecule has 1 saturated carbocycles. The molecule has 0 unspecified atom stereocenters. The number of halogens is 1. The molecule has 114 valence electrons. The van der Waals surface area contributed by atoms with Gasteiger partial charge in [0.15, 0.2) is 0 Å². The summed E-state index contributed by atoms with van der Waals surface area (Å²) >= 11 is 5.78. The number of amides is 1. The Balaban J connectivity index is 2.02. The molecular weight excluding hydrogens is 294 g/mol. The Morgan fingerprint density at radius 1 is 1.24 bits per heavy atom. The molecule has 6 heteroatoms. The van der Waals surface area contributed by atoms with Gasteiger partial charge in [-0.25, -0.2) is 0 Å². The quantitative estimate of drug-likeness (QED) is 0.727. The lowest BCUT2D eigenvalue weighted by Gasteiger charge is -2.26. The van der Waals surface area contributed by atoms with E-state index in [-0.39, 0.29) is 29.5 Å². The van der Waals surface area contributed by atoms with Gasteiger partial charge in [-0.3, -0.25) is 9.59 Å². The molecule has 1 aliphatic rings. The fraction of sp³-hybridized carbons (Fsp3) is 0.467. The van der Waals surface area contributed by atoms with Crippen molar-refractivity contribution in [3.8, 4) is 5.75 Å². The minimum Gasteiger partial charge on any atom is -0.506 e. The summed E-state index contributed by atoms with van der Waals surface area (Å²) in [4.78, 5) is 23.1. The van der Waals surface area contributed by atoms with E-state index in [1.54, 1.807) is 6.07 Å². The summed E-state index contributed by atoms with van der Waals surface area (Å²) in [6, 6.07) is 4.42. The number of anilines is 1. The summed E-state index contributed by atoms with van der Waals surface area (Å²) in [5, 5.41) is 21.2.